The van der Waals surface area contributed by atoms with Crippen molar-refractivity contribution >= 4 is 33.8 Å². The molecule has 0 unspecified atom stereocenters. The number of benzene rings is 5. The number of hydrogen-bond acceptors (Lipinski definition) is 2. The average molecular weight is 902 g/mol. The third kappa shape index (κ3) is 7.23. The maximum Gasteiger partial charge on any atom is 0.227 e. The van der Waals surface area contributed by atoms with E-state index in [2.05, 4.69) is 0 Å². The molecule has 322 valence electrons. The Kier molecular flexibility index (Phi) is 12.8. The highest BCUT2D eigenvalue weighted by Crippen LogP contribution is 2.30. The Morgan fingerprint density at radius 2 is 0.645 bits per heavy atom. The molecular formula is C38H11BF20N2O. The van der Waals surface area contributed by atoms with Crippen molar-refractivity contribution in [2.45, 2.75) is 6.54 Å². The second kappa shape index (κ2) is 17.2. The molecule has 0 aliphatic heterocycles. The van der Waals surface area contributed by atoms with Gasteiger partial charge in [0.2, 0.25) is 12.3 Å². The van der Waals surface area contributed by atoms with Crippen LogP contribution in [0.5, 0.6) is 0 Å². The lowest BCUT2D eigenvalue weighted by Crippen LogP contribution is -2.81. The molecule has 0 spiro atoms. The lowest BCUT2D eigenvalue weighted by Gasteiger charge is -2.44. The Labute approximate surface area is 331 Å². The monoisotopic (exact) mass is 902 g/mol. The fourth-order valence-electron chi connectivity index (χ4n) is 6.39. The van der Waals surface area contributed by atoms with Crippen molar-refractivity contribution in [2.75, 3.05) is 0 Å². The predicted molar refractivity (Wildman–Crippen MR) is 171 cm³/mol. The molecule has 0 aliphatic carbocycles. The zero-order valence-corrected chi connectivity index (χ0v) is 29.3. The molecule has 0 saturated heterocycles. The van der Waals surface area contributed by atoms with Crippen molar-refractivity contribution < 1.29 is 97.2 Å². The Balaban J connectivity index is 0.000000355. The highest BCUT2D eigenvalue weighted by Gasteiger charge is 2.52. The zero-order chi connectivity index (χ0) is 46.4. The topological polar surface area (TPSA) is 44.7 Å². The molecule has 0 radical (unpaired) electrons. The highest BCUT2D eigenvalue weighted by molar-refractivity contribution is 7.20. The van der Waals surface area contributed by atoms with Crippen LogP contribution in [0.4, 0.5) is 87.8 Å². The van der Waals surface area contributed by atoms with Gasteiger partial charge in [0.1, 0.15) is 52.7 Å². The van der Waals surface area contributed by atoms with E-state index in [4.69, 9.17) is 5.26 Å². The van der Waals surface area contributed by atoms with E-state index in [-0.39, 0.29) is 12.3 Å². The largest absolute Gasteiger partial charge is 0.287 e. The Hall–Kier alpha value is -6.93. The summed E-state index contributed by atoms with van der Waals surface area (Å²) in [5.41, 5.74) is -13.0. The standard InChI is InChI=1S/C24BF20.C14H11N2O/c26-5-1(6(27)14(35)21(42)13(5)34)25(2-7(28)15(36)22(43)16(37)8(2)29,3-9(30)17(38)23(44)18(39)10(3)31)4-11(32)19(40)24(45)20(41)12(4)33;15-10-12-6-8-16(9-7-12)11-14(17)13-4-2-1-3-5-13/h;1-9H,11H2/q-1;+1. The van der Waals surface area contributed by atoms with Gasteiger partial charge in [-0.25, -0.2) is 87.8 Å². The second-order valence-corrected chi connectivity index (χ2v) is 12.5. The van der Waals surface area contributed by atoms with Gasteiger partial charge in [-0.3, -0.25) is 4.79 Å². The zero-order valence-electron chi connectivity index (χ0n) is 29.3. The highest BCUT2D eigenvalue weighted by atomic mass is 19.2. The van der Waals surface area contributed by atoms with Crippen LogP contribution >= 0.6 is 0 Å². The number of carbonyl (C=O) groups is 1. The third-order valence-electron chi connectivity index (χ3n) is 9.15. The number of nitriles is 1. The normalized spacial score (nSPS) is 11.3. The molecule has 0 atom stereocenters. The minimum atomic E-state index is -7.22. The molecule has 1 heterocycles. The van der Waals surface area contributed by atoms with Gasteiger partial charge in [-0.1, -0.05) is 30.3 Å². The van der Waals surface area contributed by atoms with Crippen molar-refractivity contribution in [3.8, 4) is 6.07 Å². The fourth-order valence-corrected chi connectivity index (χ4v) is 6.39. The minimum absolute atomic E-state index is 0.0558. The van der Waals surface area contributed by atoms with Crippen LogP contribution in [0.15, 0.2) is 54.9 Å². The molecular weight excluding hydrogens is 891 g/mol. The molecule has 0 aliphatic rings. The lowest BCUT2D eigenvalue weighted by atomic mass is 9.12. The number of Topliss-reactive ketones (excluding diaryl/α,β-unsaturated/α-hetero) is 1. The van der Waals surface area contributed by atoms with Gasteiger partial charge in [-0.15, -0.1) is 21.9 Å². The second-order valence-electron chi connectivity index (χ2n) is 12.5. The lowest BCUT2D eigenvalue weighted by molar-refractivity contribution is -0.683. The molecule has 24 heteroatoms. The van der Waals surface area contributed by atoms with E-state index in [0.29, 0.717) is 11.1 Å². The van der Waals surface area contributed by atoms with Crippen LogP contribution in [0.2, 0.25) is 0 Å². The first-order valence-corrected chi connectivity index (χ1v) is 16.2. The molecule has 0 bridgehead atoms. The summed E-state index contributed by atoms with van der Waals surface area (Å²) in [5, 5.41) is 8.66. The number of pyridine rings is 1. The smallest absolute Gasteiger partial charge is 0.227 e. The molecule has 0 saturated carbocycles. The first-order chi connectivity index (χ1) is 29.0. The SMILES string of the molecule is Fc1c(F)c(F)c([B-](c2c(F)c(F)c(F)c(F)c2F)(c2c(F)c(F)c(F)c(F)c2F)c2c(F)c(F)c(F)c(F)c2F)c(F)c1F.N#Cc1cc[n+](CC(=O)c2ccccc2)cc1. The minimum Gasteiger partial charge on any atom is -0.287 e. The molecule has 0 N–H and O–H groups in total. The van der Waals surface area contributed by atoms with Gasteiger partial charge in [0, 0.05) is 17.7 Å². The Bertz CT molecular complexity index is 2470. The Morgan fingerprint density at radius 1 is 0.403 bits per heavy atom. The van der Waals surface area contributed by atoms with Crippen molar-refractivity contribution in [1.82, 2.24) is 0 Å². The van der Waals surface area contributed by atoms with Gasteiger partial charge >= 0.3 is 0 Å². The molecule has 0 fully saturated rings. The van der Waals surface area contributed by atoms with Crippen LogP contribution in [0.1, 0.15) is 15.9 Å². The van der Waals surface area contributed by atoms with Crippen LogP contribution in [0.25, 0.3) is 0 Å². The van der Waals surface area contributed by atoms with Crippen LogP contribution in [-0.2, 0) is 6.54 Å². The van der Waals surface area contributed by atoms with Crippen molar-refractivity contribution in [1.29, 1.82) is 5.26 Å². The van der Waals surface area contributed by atoms with Gasteiger partial charge < -0.3 is 0 Å². The average Bonchev–Trinajstić information content (AvgIpc) is 3.27. The molecule has 62 heavy (non-hydrogen) atoms. The van der Waals surface area contributed by atoms with Gasteiger partial charge in [-0.2, -0.15) is 9.83 Å². The van der Waals surface area contributed by atoms with E-state index < -0.39 is 144 Å². The molecule has 1 aromatic heterocycles. The first-order valence-electron chi connectivity index (χ1n) is 16.2. The van der Waals surface area contributed by atoms with E-state index in [1.807, 2.05) is 24.3 Å². The third-order valence-corrected chi connectivity index (χ3v) is 9.15. The van der Waals surface area contributed by atoms with E-state index in [9.17, 15) is 57.5 Å². The number of rotatable bonds is 7. The maximum atomic E-state index is 15.4. The summed E-state index contributed by atoms with van der Waals surface area (Å²) in [6.07, 6.45) is -3.75. The first kappa shape index (κ1) is 46.1. The van der Waals surface area contributed by atoms with Gasteiger partial charge in [0.25, 0.3) is 0 Å². The summed E-state index contributed by atoms with van der Waals surface area (Å²) in [6.45, 7) is 0.287. The maximum absolute atomic E-state index is 15.4. The van der Waals surface area contributed by atoms with Crippen LogP contribution in [0.3, 0.4) is 0 Å². The number of nitrogens with zero attached hydrogens (tertiary/aromatic N) is 2. The number of aromatic nitrogens is 1. The van der Waals surface area contributed by atoms with Crippen molar-refractivity contribution in [3.63, 3.8) is 0 Å². The number of halogens is 20. The van der Waals surface area contributed by atoms with Gasteiger partial charge in [-0.05, 0) is 0 Å². The summed E-state index contributed by atoms with van der Waals surface area (Å²) in [4.78, 5) is 11.9. The number of carbonyl (C=O) groups excluding carboxylic acids is 1. The molecule has 6 aromatic rings. The van der Waals surface area contributed by atoms with E-state index >= 15 is 35.1 Å². The summed E-state index contributed by atoms with van der Waals surface area (Å²) in [6, 6.07) is 14.6. The summed E-state index contributed by atoms with van der Waals surface area (Å²) < 4.78 is 296. The summed E-state index contributed by atoms with van der Waals surface area (Å²) >= 11 is 0. The van der Waals surface area contributed by atoms with E-state index in [1.54, 1.807) is 41.2 Å². The number of hydrogen-bond donors (Lipinski definition) is 0. The van der Waals surface area contributed by atoms with Gasteiger partial charge in [0.15, 0.2) is 82.2 Å². The van der Waals surface area contributed by atoms with Crippen LogP contribution in [-0.4, -0.2) is 11.9 Å². The van der Waals surface area contributed by atoms with Crippen molar-refractivity contribution in [2.24, 2.45) is 0 Å². The Morgan fingerprint density at radius 3 is 0.887 bits per heavy atom. The summed E-state index contributed by atoms with van der Waals surface area (Å²) in [7, 11) is 0. The molecule has 0 amide bonds. The summed E-state index contributed by atoms with van der Waals surface area (Å²) in [5.74, 6) is -71.3. The van der Waals surface area contributed by atoms with Crippen LogP contribution < -0.4 is 26.4 Å². The van der Waals surface area contributed by atoms with Crippen LogP contribution in [0, 0.1) is 128 Å². The molecule has 6 rings (SSSR count). The fraction of sp³-hybridized carbons (Fsp3) is 0.0263. The molecule has 5 aromatic carbocycles. The van der Waals surface area contributed by atoms with Gasteiger partial charge in [0.05, 0.1) is 11.6 Å². The number of ketones is 1. The van der Waals surface area contributed by atoms with E-state index in [0.717, 1.165) is 0 Å². The molecule has 3 nitrogen and oxygen atoms in total. The van der Waals surface area contributed by atoms with E-state index in [1.165, 1.54) is 0 Å². The quantitative estimate of drug-likeness (QED) is 0.0415. The predicted octanol–water partition coefficient (Wildman–Crippen LogP) is 7.57. The van der Waals surface area contributed by atoms with Crippen molar-refractivity contribution in [3.05, 3.63) is 182 Å².